The van der Waals surface area contributed by atoms with Crippen molar-refractivity contribution >= 4 is 16.9 Å². The van der Waals surface area contributed by atoms with Gasteiger partial charge in [0.05, 0.1) is 6.42 Å². The Morgan fingerprint density at radius 3 is 2.95 bits per heavy atom. The fourth-order valence-corrected chi connectivity index (χ4v) is 2.37. The van der Waals surface area contributed by atoms with E-state index in [1.807, 2.05) is 42.1 Å². The Bertz CT molecular complexity index is 764. The third-order valence-electron chi connectivity index (χ3n) is 3.38. The van der Waals surface area contributed by atoms with E-state index >= 15 is 0 Å². The molecule has 0 spiro atoms. The van der Waals surface area contributed by atoms with E-state index in [9.17, 15) is 4.79 Å². The van der Waals surface area contributed by atoms with Gasteiger partial charge in [-0.1, -0.05) is 6.07 Å². The van der Waals surface area contributed by atoms with Crippen molar-refractivity contribution in [1.82, 2.24) is 19.9 Å². The Labute approximate surface area is 122 Å². The van der Waals surface area contributed by atoms with E-state index < -0.39 is 0 Å². The zero-order chi connectivity index (χ0) is 14.7. The van der Waals surface area contributed by atoms with Crippen LogP contribution < -0.4 is 5.32 Å². The van der Waals surface area contributed by atoms with E-state index in [1.165, 1.54) is 0 Å². The molecule has 3 aromatic heterocycles. The molecular formula is C16H16N4O. The van der Waals surface area contributed by atoms with Crippen LogP contribution in [0.4, 0.5) is 0 Å². The fraction of sp³-hybridized carbons (Fsp3) is 0.188. The molecule has 3 rings (SSSR count). The van der Waals surface area contributed by atoms with Gasteiger partial charge in [0.2, 0.25) is 5.91 Å². The van der Waals surface area contributed by atoms with Crippen LogP contribution in [-0.2, 0) is 24.8 Å². The molecule has 1 N–H and O–H groups in total. The third-order valence-corrected chi connectivity index (χ3v) is 3.38. The highest BCUT2D eigenvalue weighted by molar-refractivity contribution is 5.87. The number of nitrogens with one attached hydrogen (secondary N) is 1. The number of carbonyl (C=O) groups excluding carboxylic acids is 1. The van der Waals surface area contributed by atoms with Crippen molar-refractivity contribution in [3.8, 4) is 0 Å². The van der Waals surface area contributed by atoms with Gasteiger partial charge in [-0.2, -0.15) is 0 Å². The number of carbonyl (C=O) groups is 1. The number of hydrogen-bond acceptors (Lipinski definition) is 3. The van der Waals surface area contributed by atoms with Gasteiger partial charge < -0.3 is 9.88 Å². The van der Waals surface area contributed by atoms with Crippen molar-refractivity contribution in [2.75, 3.05) is 0 Å². The average Bonchev–Trinajstić information content (AvgIpc) is 2.83. The van der Waals surface area contributed by atoms with Crippen molar-refractivity contribution < 1.29 is 4.79 Å². The molecule has 0 unspecified atom stereocenters. The summed E-state index contributed by atoms with van der Waals surface area (Å²) in [6.45, 7) is 0.496. The summed E-state index contributed by atoms with van der Waals surface area (Å²) >= 11 is 0. The molecule has 0 saturated heterocycles. The standard InChI is InChI=1S/C16H16N4O/c1-20-11-13(14-5-3-7-18-16(14)20)8-15(21)19-10-12-4-2-6-17-9-12/h2-7,9,11H,8,10H2,1H3,(H,19,21). The fourth-order valence-electron chi connectivity index (χ4n) is 2.37. The topological polar surface area (TPSA) is 59.8 Å². The van der Waals surface area contributed by atoms with E-state index in [0.29, 0.717) is 13.0 Å². The summed E-state index contributed by atoms with van der Waals surface area (Å²) in [5, 5.41) is 3.94. The van der Waals surface area contributed by atoms with E-state index in [2.05, 4.69) is 15.3 Å². The maximum atomic E-state index is 12.1. The first-order valence-electron chi connectivity index (χ1n) is 6.78. The molecule has 0 aliphatic carbocycles. The van der Waals surface area contributed by atoms with Crippen LogP contribution in [0.3, 0.4) is 0 Å². The second-order valence-corrected chi connectivity index (χ2v) is 4.95. The quantitative estimate of drug-likeness (QED) is 0.793. The molecule has 0 fully saturated rings. The number of pyridine rings is 2. The van der Waals surface area contributed by atoms with Gasteiger partial charge in [-0.3, -0.25) is 9.78 Å². The van der Waals surface area contributed by atoms with E-state index in [4.69, 9.17) is 0 Å². The van der Waals surface area contributed by atoms with Crippen molar-refractivity contribution in [3.05, 3.63) is 60.2 Å². The molecule has 5 nitrogen and oxygen atoms in total. The Balaban J connectivity index is 1.69. The molecule has 0 atom stereocenters. The van der Waals surface area contributed by atoms with Crippen molar-refractivity contribution in [1.29, 1.82) is 0 Å². The highest BCUT2D eigenvalue weighted by Gasteiger charge is 2.10. The van der Waals surface area contributed by atoms with Crippen LogP contribution in [0.5, 0.6) is 0 Å². The number of rotatable bonds is 4. The lowest BCUT2D eigenvalue weighted by atomic mass is 10.1. The monoisotopic (exact) mass is 280 g/mol. The molecular weight excluding hydrogens is 264 g/mol. The molecule has 0 aliphatic heterocycles. The molecule has 3 aromatic rings. The summed E-state index contributed by atoms with van der Waals surface area (Å²) in [7, 11) is 1.94. The second-order valence-electron chi connectivity index (χ2n) is 4.95. The number of fused-ring (bicyclic) bond motifs is 1. The van der Waals surface area contributed by atoms with Gasteiger partial charge in [-0.15, -0.1) is 0 Å². The molecule has 0 bridgehead atoms. The Hall–Kier alpha value is -2.69. The van der Waals surface area contributed by atoms with Crippen molar-refractivity contribution in [2.45, 2.75) is 13.0 Å². The van der Waals surface area contributed by atoms with Crippen LogP contribution in [0, 0.1) is 0 Å². The molecule has 3 heterocycles. The maximum absolute atomic E-state index is 12.1. The molecule has 106 valence electrons. The minimum Gasteiger partial charge on any atom is -0.352 e. The molecule has 0 aliphatic rings. The summed E-state index contributed by atoms with van der Waals surface area (Å²) in [5.74, 6) is -0.00444. The Morgan fingerprint density at radius 2 is 2.14 bits per heavy atom. The molecule has 0 radical (unpaired) electrons. The van der Waals surface area contributed by atoms with Gasteiger partial charge in [0, 0.05) is 43.8 Å². The summed E-state index contributed by atoms with van der Waals surface area (Å²) < 4.78 is 1.94. The smallest absolute Gasteiger partial charge is 0.224 e. The van der Waals surface area contributed by atoms with Gasteiger partial charge in [-0.25, -0.2) is 4.98 Å². The molecule has 0 aromatic carbocycles. The zero-order valence-electron chi connectivity index (χ0n) is 11.8. The van der Waals surface area contributed by atoms with Crippen LogP contribution in [0.2, 0.25) is 0 Å². The van der Waals surface area contributed by atoms with Gasteiger partial charge in [0.25, 0.3) is 0 Å². The highest BCUT2D eigenvalue weighted by atomic mass is 16.1. The van der Waals surface area contributed by atoms with E-state index in [0.717, 1.165) is 22.2 Å². The van der Waals surface area contributed by atoms with Gasteiger partial charge in [0.1, 0.15) is 5.65 Å². The number of aryl methyl sites for hydroxylation is 1. The second kappa shape index (κ2) is 5.75. The minimum atomic E-state index is -0.00444. The zero-order valence-corrected chi connectivity index (χ0v) is 11.8. The summed E-state index contributed by atoms with van der Waals surface area (Å²) in [4.78, 5) is 20.4. The predicted molar refractivity (Wildman–Crippen MR) is 80.5 cm³/mol. The van der Waals surface area contributed by atoms with E-state index in [-0.39, 0.29) is 5.91 Å². The number of aromatic nitrogens is 3. The maximum Gasteiger partial charge on any atom is 0.224 e. The van der Waals surface area contributed by atoms with E-state index in [1.54, 1.807) is 18.6 Å². The summed E-state index contributed by atoms with van der Waals surface area (Å²) in [6, 6.07) is 7.68. The Kier molecular flexibility index (Phi) is 3.64. The first-order chi connectivity index (χ1) is 10.2. The highest BCUT2D eigenvalue weighted by Crippen LogP contribution is 2.18. The number of amides is 1. The lowest BCUT2D eigenvalue weighted by Crippen LogP contribution is -2.24. The lowest BCUT2D eigenvalue weighted by Gasteiger charge is -2.04. The molecule has 0 saturated carbocycles. The average molecular weight is 280 g/mol. The molecule has 1 amide bonds. The number of nitrogens with zero attached hydrogens (tertiary/aromatic N) is 3. The van der Waals surface area contributed by atoms with Gasteiger partial charge in [0.15, 0.2) is 0 Å². The van der Waals surface area contributed by atoms with Gasteiger partial charge >= 0.3 is 0 Å². The van der Waals surface area contributed by atoms with Crippen molar-refractivity contribution in [3.63, 3.8) is 0 Å². The van der Waals surface area contributed by atoms with Crippen LogP contribution in [0.15, 0.2) is 49.1 Å². The first-order valence-corrected chi connectivity index (χ1v) is 6.78. The van der Waals surface area contributed by atoms with Crippen LogP contribution >= 0.6 is 0 Å². The largest absolute Gasteiger partial charge is 0.352 e. The lowest BCUT2D eigenvalue weighted by molar-refractivity contribution is -0.120. The SMILES string of the molecule is Cn1cc(CC(=O)NCc2cccnc2)c2cccnc21. The third kappa shape index (κ3) is 2.91. The normalized spacial score (nSPS) is 10.7. The molecule has 21 heavy (non-hydrogen) atoms. The summed E-state index contributed by atoms with van der Waals surface area (Å²) in [5.41, 5.74) is 2.88. The van der Waals surface area contributed by atoms with Crippen LogP contribution in [-0.4, -0.2) is 20.4 Å². The minimum absolute atomic E-state index is 0.00444. The summed E-state index contributed by atoms with van der Waals surface area (Å²) in [6.07, 6.45) is 7.54. The number of hydrogen-bond donors (Lipinski definition) is 1. The predicted octanol–water partition coefficient (Wildman–Crippen LogP) is 1.83. The van der Waals surface area contributed by atoms with Crippen molar-refractivity contribution in [2.24, 2.45) is 7.05 Å². The van der Waals surface area contributed by atoms with Gasteiger partial charge in [-0.05, 0) is 29.3 Å². The van der Waals surface area contributed by atoms with Crippen LogP contribution in [0.25, 0.3) is 11.0 Å². The Morgan fingerprint density at radius 1 is 1.29 bits per heavy atom. The van der Waals surface area contributed by atoms with Crippen LogP contribution in [0.1, 0.15) is 11.1 Å². The molecule has 5 heteroatoms. The first kappa shape index (κ1) is 13.3.